The highest BCUT2D eigenvalue weighted by atomic mass is 16.5. The molecule has 0 radical (unpaired) electrons. The highest BCUT2D eigenvalue weighted by molar-refractivity contribution is 5.44. The molecule has 0 saturated heterocycles. The summed E-state index contributed by atoms with van der Waals surface area (Å²) in [6, 6.07) is 5.68. The first kappa shape index (κ1) is 12.8. The predicted octanol–water partition coefficient (Wildman–Crippen LogP) is 3.46. The van der Waals surface area contributed by atoms with E-state index in [-0.39, 0.29) is 5.60 Å². The Morgan fingerprint density at radius 2 is 2.11 bits per heavy atom. The molecule has 1 aromatic rings. The van der Waals surface area contributed by atoms with Crippen LogP contribution in [0.25, 0.3) is 0 Å². The summed E-state index contributed by atoms with van der Waals surface area (Å²) in [6.45, 7) is 4.55. The summed E-state index contributed by atoms with van der Waals surface area (Å²) >= 11 is 0. The summed E-state index contributed by atoms with van der Waals surface area (Å²) in [5, 5.41) is 10.4. The normalized spacial score (nSPS) is 31.9. The lowest BCUT2D eigenvalue weighted by Gasteiger charge is -2.39. The third-order valence-corrected chi connectivity index (χ3v) is 4.53. The Bertz CT molecular complexity index is 495. The van der Waals surface area contributed by atoms with Crippen molar-refractivity contribution in [3.05, 3.63) is 23.8 Å². The maximum absolute atomic E-state index is 10.4. The third-order valence-electron chi connectivity index (χ3n) is 4.53. The average molecular weight is 262 g/mol. The van der Waals surface area contributed by atoms with Gasteiger partial charge in [-0.1, -0.05) is 13.8 Å². The Morgan fingerprint density at radius 1 is 1.32 bits per heavy atom. The van der Waals surface area contributed by atoms with Crippen molar-refractivity contribution in [3.63, 3.8) is 0 Å². The SMILES string of the molecule is COc1ccc2c(c1)OC1(CCC(C)(C)C1)C[C@H]2O. The van der Waals surface area contributed by atoms with Crippen LogP contribution in [0.4, 0.5) is 0 Å². The van der Waals surface area contributed by atoms with Gasteiger partial charge in [0.2, 0.25) is 0 Å². The van der Waals surface area contributed by atoms with E-state index < -0.39 is 6.10 Å². The molecule has 1 saturated carbocycles. The van der Waals surface area contributed by atoms with E-state index >= 15 is 0 Å². The topological polar surface area (TPSA) is 38.7 Å². The van der Waals surface area contributed by atoms with Gasteiger partial charge in [-0.3, -0.25) is 0 Å². The van der Waals surface area contributed by atoms with Crippen LogP contribution in [0.1, 0.15) is 51.2 Å². The van der Waals surface area contributed by atoms with E-state index in [1.54, 1.807) is 7.11 Å². The van der Waals surface area contributed by atoms with Gasteiger partial charge in [0.15, 0.2) is 0 Å². The molecule has 19 heavy (non-hydrogen) atoms. The molecule has 0 aromatic heterocycles. The molecule has 0 amide bonds. The van der Waals surface area contributed by atoms with E-state index in [2.05, 4.69) is 13.8 Å². The molecule has 1 unspecified atom stereocenters. The summed E-state index contributed by atoms with van der Waals surface area (Å²) in [7, 11) is 1.65. The predicted molar refractivity (Wildman–Crippen MR) is 73.6 cm³/mol. The molecule has 3 rings (SSSR count). The van der Waals surface area contributed by atoms with E-state index in [0.29, 0.717) is 11.8 Å². The van der Waals surface area contributed by atoms with Crippen LogP contribution in [0.15, 0.2) is 18.2 Å². The summed E-state index contributed by atoms with van der Waals surface area (Å²) in [4.78, 5) is 0. The monoisotopic (exact) mass is 262 g/mol. The van der Waals surface area contributed by atoms with Crippen LogP contribution in [0.2, 0.25) is 0 Å². The minimum atomic E-state index is -0.427. The van der Waals surface area contributed by atoms with Crippen LogP contribution in [0.5, 0.6) is 11.5 Å². The molecule has 2 aliphatic rings. The zero-order chi connectivity index (χ0) is 13.7. The highest BCUT2D eigenvalue weighted by Crippen LogP contribution is 2.53. The highest BCUT2D eigenvalue weighted by Gasteiger charge is 2.49. The van der Waals surface area contributed by atoms with Crippen LogP contribution in [-0.4, -0.2) is 17.8 Å². The maximum Gasteiger partial charge on any atom is 0.129 e. The van der Waals surface area contributed by atoms with Crippen LogP contribution in [0, 0.1) is 5.41 Å². The number of aliphatic hydroxyl groups is 1. The van der Waals surface area contributed by atoms with Gasteiger partial charge in [0.25, 0.3) is 0 Å². The Kier molecular flexibility index (Phi) is 2.79. The molecule has 2 atom stereocenters. The van der Waals surface area contributed by atoms with Crippen molar-refractivity contribution in [2.24, 2.45) is 5.41 Å². The quantitative estimate of drug-likeness (QED) is 0.842. The zero-order valence-electron chi connectivity index (χ0n) is 11.9. The number of rotatable bonds is 1. The fourth-order valence-electron chi connectivity index (χ4n) is 3.62. The molecular weight excluding hydrogens is 240 g/mol. The molecule has 0 bridgehead atoms. The lowest BCUT2D eigenvalue weighted by molar-refractivity contribution is -0.0156. The van der Waals surface area contributed by atoms with Crippen molar-refractivity contribution in [2.45, 2.75) is 51.2 Å². The largest absolute Gasteiger partial charge is 0.497 e. The second kappa shape index (κ2) is 4.14. The van der Waals surface area contributed by atoms with Gasteiger partial charge in [0.05, 0.1) is 13.2 Å². The molecule has 1 aliphatic carbocycles. The summed E-state index contributed by atoms with van der Waals surface area (Å²) in [6.07, 6.45) is 3.46. The lowest BCUT2D eigenvalue weighted by atomic mass is 9.83. The number of benzene rings is 1. The number of ether oxygens (including phenoxy) is 2. The van der Waals surface area contributed by atoms with Gasteiger partial charge in [-0.15, -0.1) is 0 Å². The molecule has 104 valence electrons. The molecule has 3 nitrogen and oxygen atoms in total. The molecule has 1 N–H and O–H groups in total. The zero-order valence-corrected chi connectivity index (χ0v) is 11.9. The van der Waals surface area contributed by atoms with Crippen molar-refractivity contribution in [1.29, 1.82) is 0 Å². The number of fused-ring (bicyclic) bond motifs is 1. The molecule has 1 fully saturated rings. The average Bonchev–Trinajstić information content (AvgIpc) is 2.63. The minimum absolute atomic E-state index is 0.192. The van der Waals surface area contributed by atoms with Crippen molar-refractivity contribution in [2.75, 3.05) is 7.11 Å². The first-order chi connectivity index (χ1) is 8.93. The second-order valence-electron chi connectivity index (χ2n) is 6.75. The number of hydrogen-bond donors (Lipinski definition) is 1. The van der Waals surface area contributed by atoms with Crippen molar-refractivity contribution >= 4 is 0 Å². The Labute approximate surface area is 114 Å². The smallest absolute Gasteiger partial charge is 0.129 e. The number of aliphatic hydroxyl groups excluding tert-OH is 1. The molecule has 1 spiro atoms. The van der Waals surface area contributed by atoms with E-state index in [9.17, 15) is 5.11 Å². The third kappa shape index (κ3) is 2.20. The fourth-order valence-corrected chi connectivity index (χ4v) is 3.62. The summed E-state index contributed by atoms with van der Waals surface area (Å²) < 4.78 is 11.5. The van der Waals surface area contributed by atoms with E-state index in [0.717, 1.165) is 36.3 Å². The lowest BCUT2D eigenvalue weighted by Crippen LogP contribution is -2.39. The summed E-state index contributed by atoms with van der Waals surface area (Å²) in [5.41, 5.74) is 0.995. The molecular formula is C16H22O3. The number of methoxy groups -OCH3 is 1. The fraction of sp³-hybridized carbons (Fsp3) is 0.625. The molecule has 3 heteroatoms. The van der Waals surface area contributed by atoms with E-state index in [4.69, 9.17) is 9.47 Å². The van der Waals surface area contributed by atoms with Crippen LogP contribution < -0.4 is 9.47 Å². The van der Waals surface area contributed by atoms with Crippen molar-refractivity contribution < 1.29 is 14.6 Å². The van der Waals surface area contributed by atoms with Crippen LogP contribution >= 0.6 is 0 Å². The molecule has 1 aromatic carbocycles. The number of hydrogen-bond acceptors (Lipinski definition) is 3. The van der Waals surface area contributed by atoms with Gasteiger partial charge < -0.3 is 14.6 Å². The minimum Gasteiger partial charge on any atom is -0.497 e. The summed E-state index contributed by atoms with van der Waals surface area (Å²) in [5.74, 6) is 1.57. The molecule has 1 heterocycles. The van der Waals surface area contributed by atoms with Crippen LogP contribution in [0.3, 0.4) is 0 Å². The van der Waals surface area contributed by atoms with Crippen LogP contribution in [-0.2, 0) is 0 Å². The maximum atomic E-state index is 10.4. The Morgan fingerprint density at radius 3 is 2.74 bits per heavy atom. The Hall–Kier alpha value is -1.22. The van der Waals surface area contributed by atoms with E-state index in [1.165, 1.54) is 0 Å². The van der Waals surface area contributed by atoms with Gasteiger partial charge >= 0.3 is 0 Å². The second-order valence-corrected chi connectivity index (χ2v) is 6.75. The van der Waals surface area contributed by atoms with Crippen molar-refractivity contribution in [1.82, 2.24) is 0 Å². The Balaban J connectivity index is 1.95. The first-order valence-corrected chi connectivity index (χ1v) is 6.98. The first-order valence-electron chi connectivity index (χ1n) is 6.98. The molecule has 1 aliphatic heterocycles. The van der Waals surface area contributed by atoms with Crippen molar-refractivity contribution in [3.8, 4) is 11.5 Å². The standard InChI is InChI=1S/C16H22O3/c1-15(2)6-7-16(10-15)9-13(17)12-5-4-11(18-3)8-14(12)19-16/h4-5,8,13,17H,6-7,9-10H2,1-3H3/t13-,16?/m1/s1. The van der Waals surface area contributed by atoms with Gasteiger partial charge in [-0.25, -0.2) is 0 Å². The van der Waals surface area contributed by atoms with Gasteiger partial charge in [0.1, 0.15) is 17.1 Å². The van der Waals surface area contributed by atoms with Gasteiger partial charge in [-0.05, 0) is 36.8 Å². The van der Waals surface area contributed by atoms with E-state index in [1.807, 2.05) is 18.2 Å². The van der Waals surface area contributed by atoms with Gasteiger partial charge in [-0.2, -0.15) is 0 Å². The van der Waals surface area contributed by atoms with Gasteiger partial charge in [0, 0.05) is 18.1 Å².